The van der Waals surface area contributed by atoms with E-state index in [2.05, 4.69) is 22.5 Å². The summed E-state index contributed by atoms with van der Waals surface area (Å²) in [5, 5.41) is 2.85. The van der Waals surface area contributed by atoms with E-state index < -0.39 is 0 Å². The van der Waals surface area contributed by atoms with Crippen LogP contribution in [0.5, 0.6) is 0 Å². The number of anilines is 1. The van der Waals surface area contributed by atoms with Gasteiger partial charge in [0.15, 0.2) is 0 Å². The molecule has 0 fully saturated rings. The molecule has 1 N–H and O–H groups in total. The Morgan fingerprint density at radius 3 is 2.94 bits per heavy atom. The molecule has 2 rings (SSSR count). The quantitative estimate of drug-likeness (QED) is 0.772. The van der Waals surface area contributed by atoms with Crippen LogP contribution in [0.15, 0.2) is 30.5 Å². The van der Waals surface area contributed by atoms with Gasteiger partial charge in [0.25, 0.3) is 0 Å². The Morgan fingerprint density at radius 2 is 2.31 bits per heavy atom. The van der Waals surface area contributed by atoms with Gasteiger partial charge < -0.3 is 5.32 Å². The van der Waals surface area contributed by atoms with Crippen LogP contribution in [0.4, 0.5) is 5.82 Å². The minimum absolute atomic E-state index is 0.0840. The van der Waals surface area contributed by atoms with E-state index in [0.29, 0.717) is 5.82 Å². The first-order valence-electron chi connectivity index (χ1n) is 5.64. The molecule has 0 spiro atoms. The number of amides is 1. The van der Waals surface area contributed by atoms with E-state index in [1.54, 1.807) is 6.20 Å². The SMILES string of the molecule is Cc1ccc(NC(=O)C2CC=CCC2)nc1. The average Bonchev–Trinajstić information content (AvgIpc) is 2.33. The molecule has 1 heterocycles. The summed E-state index contributed by atoms with van der Waals surface area (Å²) in [5.74, 6) is 0.832. The number of aromatic nitrogens is 1. The summed E-state index contributed by atoms with van der Waals surface area (Å²) in [6, 6.07) is 3.79. The van der Waals surface area contributed by atoms with Gasteiger partial charge in [-0.15, -0.1) is 0 Å². The highest BCUT2D eigenvalue weighted by molar-refractivity contribution is 5.91. The zero-order valence-electron chi connectivity index (χ0n) is 9.44. The third-order valence-corrected chi connectivity index (χ3v) is 2.80. The van der Waals surface area contributed by atoms with Crippen LogP contribution >= 0.6 is 0 Å². The van der Waals surface area contributed by atoms with Crippen LogP contribution in [0.2, 0.25) is 0 Å². The largest absolute Gasteiger partial charge is 0.310 e. The van der Waals surface area contributed by atoms with Crippen molar-refractivity contribution in [3.05, 3.63) is 36.0 Å². The van der Waals surface area contributed by atoms with Crippen LogP contribution in [0.25, 0.3) is 0 Å². The van der Waals surface area contributed by atoms with Crippen molar-refractivity contribution in [3.63, 3.8) is 0 Å². The van der Waals surface area contributed by atoms with Crippen LogP contribution in [0, 0.1) is 12.8 Å². The smallest absolute Gasteiger partial charge is 0.228 e. The number of hydrogen-bond acceptors (Lipinski definition) is 2. The summed E-state index contributed by atoms with van der Waals surface area (Å²) in [7, 11) is 0. The molecule has 1 aliphatic rings. The monoisotopic (exact) mass is 216 g/mol. The summed E-state index contributed by atoms with van der Waals surface area (Å²) in [6.45, 7) is 1.98. The van der Waals surface area contributed by atoms with Crippen LogP contribution in [-0.2, 0) is 4.79 Å². The highest BCUT2D eigenvalue weighted by Gasteiger charge is 2.18. The summed E-state index contributed by atoms with van der Waals surface area (Å²) >= 11 is 0. The van der Waals surface area contributed by atoms with Gasteiger partial charge in [-0.1, -0.05) is 18.2 Å². The summed E-state index contributed by atoms with van der Waals surface area (Å²) in [6.07, 6.45) is 8.76. The number of rotatable bonds is 2. The number of hydrogen-bond donors (Lipinski definition) is 1. The van der Waals surface area contributed by atoms with Gasteiger partial charge in [0, 0.05) is 12.1 Å². The molecular formula is C13H16N2O. The second-order valence-electron chi connectivity index (χ2n) is 4.19. The summed E-state index contributed by atoms with van der Waals surface area (Å²) in [4.78, 5) is 16.0. The molecule has 1 amide bonds. The topological polar surface area (TPSA) is 42.0 Å². The van der Waals surface area contributed by atoms with E-state index in [9.17, 15) is 4.79 Å². The Balaban J connectivity index is 1.96. The van der Waals surface area contributed by atoms with Gasteiger partial charge in [-0.3, -0.25) is 4.79 Å². The van der Waals surface area contributed by atoms with E-state index in [1.165, 1.54) is 0 Å². The van der Waals surface area contributed by atoms with Gasteiger partial charge in [0.2, 0.25) is 5.91 Å². The van der Waals surface area contributed by atoms with E-state index in [4.69, 9.17) is 0 Å². The molecule has 0 saturated carbocycles. The zero-order valence-corrected chi connectivity index (χ0v) is 9.44. The second kappa shape index (κ2) is 4.92. The van der Waals surface area contributed by atoms with Gasteiger partial charge in [-0.2, -0.15) is 0 Å². The second-order valence-corrected chi connectivity index (χ2v) is 4.19. The molecule has 0 aliphatic heterocycles. The molecule has 3 heteroatoms. The van der Waals surface area contributed by atoms with E-state index >= 15 is 0 Å². The van der Waals surface area contributed by atoms with E-state index in [1.807, 2.05) is 19.1 Å². The van der Waals surface area contributed by atoms with Crippen LogP contribution < -0.4 is 5.32 Å². The molecule has 0 radical (unpaired) electrons. The van der Waals surface area contributed by atoms with Gasteiger partial charge >= 0.3 is 0 Å². The zero-order chi connectivity index (χ0) is 11.4. The van der Waals surface area contributed by atoms with Crippen molar-refractivity contribution < 1.29 is 4.79 Å². The van der Waals surface area contributed by atoms with Crippen molar-refractivity contribution in [2.24, 2.45) is 5.92 Å². The number of pyridine rings is 1. The summed E-state index contributed by atoms with van der Waals surface area (Å²) < 4.78 is 0. The molecule has 0 bridgehead atoms. The van der Waals surface area contributed by atoms with Gasteiger partial charge in [0.05, 0.1) is 0 Å². The fourth-order valence-corrected chi connectivity index (χ4v) is 1.80. The maximum absolute atomic E-state index is 11.9. The fourth-order valence-electron chi connectivity index (χ4n) is 1.80. The van der Waals surface area contributed by atoms with Crippen LogP contribution in [-0.4, -0.2) is 10.9 Å². The average molecular weight is 216 g/mol. The lowest BCUT2D eigenvalue weighted by Crippen LogP contribution is -2.23. The van der Waals surface area contributed by atoms with Crippen molar-refractivity contribution in [3.8, 4) is 0 Å². The van der Waals surface area contributed by atoms with Gasteiger partial charge in [-0.25, -0.2) is 4.98 Å². The lowest BCUT2D eigenvalue weighted by Gasteiger charge is -2.16. The number of carbonyl (C=O) groups is 1. The molecule has 1 atom stereocenters. The maximum Gasteiger partial charge on any atom is 0.228 e. The summed E-state index contributed by atoms with van der Waals surface area (Å²) in [5.41, 5.74) is 1.10. The van der Waals surface area contributed by atoms with Crippen molar-refractivity contribution >= 4 is 11.7 Å². The van der Waals surface area contributed by atoms with Crippen LogP contribution in [0.3, 0.4) is 0 Å². The van der Waals surface area contributed by atoms with Crippen LogP contribution in [0.1, 0.15) is 24.8 Å². The maximum atomic E-state index is 11.9. The number of aryl methyl sites for hydroxylation is 1. The highest BCUT2D eigenvalue weighted by atomic mass is 16.1. The minimum atomic E-state index is 0.0840. The minimum Gasteiger partial charge on any atom is -0.310 e. The Kier molecular flexibility index (Phi) is 3.34. The van der Waals surface area contributed by atoms with E-state index in [-0.39, 0.29) is 11.8 Å². The molecule has 0 saturated heterocycles. The third-order valence-electron chi connectivity index (χ3n) is 2.80. The highest BCUT2D eigenvalue weighted by Crippen LogP contribution is 2.19. The number of nitrogens with one attached hydrogen (secondary N) is 1. The molecule has 0 aromatic carbocycles. The van der Waals surface area contributed by atoms with Crippen molar-refractivity contribution in [2.75, 3.05) is 5.32 Å². The molecule has 1 aromatic rings. The van der Waals surface area contributed by atoms with Crippen molar-refractivity contribution in [1.29, 1.82) is 0 Å². The molecule has 3 nitrogen and oxygen atoms in total. The lowest BCUT2D eigenvalue weighted by molar-refractivity contribution is -0.120. The standard InChI is InChI=1S/C13H16N2O/c1-10-7-8-12(14-9-10)15-13(16)11-5-3-2-4-6-11/h2-3,7-9,11H,4-6H2,1H3,(H,14,15,16). The predicted molar refractivity (Wildman–Crippen MR) is 64.1 cm³/mol. The Bertz CT molecular complexity index is 395. The fraction of sp³-hybridized carbons (Fsp3) is 0.385. The molecule has 84 valence electrons. The number of allylic oxidation sites excluding steroid dienone is 2. The molecule has 1 aromatic heterocycles. The molecule has 1 aliphatic carbocycles. The predicted octanol–water partition coefficient (Wildman–Crippen LogP) is 2.68. The molecular weight excluding hydrogens is 200 g/mol. The van der Waals surface area contributed by atoms with Crippen molar-refractivity contribution in [1.82, 2.24) is 4.98 Å². The molecule has 16 heavy (non-hydrogen) atoms. The van der Waals surface area contributed by atoms with Gasteiger partial charge in [0.1, 0.15) is 5.82 Å². The Morgan fingerprint density at radius 1 is 1.44 bits per heavy atom. The van der Waals surface area contributed by atoms with Gasteiger partial charge in [-0.05, 0) is 37.8 Å². The number of carbonyl (C=O) groups excluding carboxylic acids is 1. The first-order chi connectivity index (χ1) is 7.75. The lowest BCUT2D eigenvalue weighted by atomic mass is 9.94. The normalized spacial score (nSPS) is 19.4. The number of nitrogens with zero attached hydrogens (tertiary/aromatic N) is 1. The third kappa shape index (κ3) is 2.69. The van der Waals surface area contributed by atoms with E-state index in [0.717, 1.165) is 24.8 Å². The molecule has 1 unspecified atom stereocenters. The van der Waals surface area contributed by atoms with Crippen molar-refractivity contribution in [2.45, 2.75) is 26.2 Å². The first kappa shape index (κ1) is 10.9. The first-order valence-corrected chi connectivity index (χ1v) is 5.64. The Labute approximate surface area is 95.6 Å². The Hall–Kier alpha value is -1.64.